The summed E-state index contributed by atoms with van der Waals surface area (Å²) in [5, 5.41) is 15.2. The van der Waals surface area contributed by atoms with Gasteiger partial charge in [0, 0.05) is 17.0 Å². The first-order chi connectivity index (χ1) is 19.3. The van der Waals surface area contributed by atoms with Crippen molar-refractivity contribution >= 4 is 23.2 Å². The van der Waals surface area contributed by atoms with Crippen LogP contribution >= 0.6 is 11.3 Å². The topological polar surface area (TPSA) is 107 Å². The zero-order valence-corrected chi connectivity index (χ0v) is 23.8. The Kier molecular flexibility index (Phi) is 8.39. The third-order valence-electron chi connectivity index (χ3n) is 8.00. The number of likely N-dealkylation sites (N-methyl/N-ethyl adjacent to an activating group) is 1. The summed E-state index contributed by atoms with van der Waals surface area (Å²) in [6.45, 7) is 5.31. The van der Waals surface area contributed by atoms with Gasteiger partial charge >= 0.3 is 5.97 Å². The molecule has 2 N–H and O–H groups in total. The molecule has 0 bridgehead atoms. The van der Waals surface area contributed by atoms with Crippen molar-refractivity contribution in [2.75, 3.05) is 53.6 Å². The molecule has 2 aromatic carbocycles. The number of benzene rings is 2. The maximum atomic E-state index is 13.3. The van der Waals surface area contributed by atoms with Crippen LogP contribution in [0.4, 0.5) is 0 Å². The number of hydrogen-bond donors (Lipinski definition) is 2. The Morgan fingerprint density at radius 3 is 2.55 bits per heavy atom. The first-order valence-electron chi connectivity index (χ1n) is 13.5. The molecule has 3 aromatic rings. The Morgan fingerprint density at radius 2 is 1.88 bits per heavy atom. The van der Waals surface area contributed by atoms with Crippen LogP contribution in [0.2, 0.25) is 0 Å². The Balaban J connectivity index is 1.21. The molecular formula is C30H36N3O6S+. The third kappa shape index (κ3) is 6.29. The van der Waals surface area contributed by atoms with Crippen LogP contribution in [0.3, 0.4) is 0 Å². The van der Waals surface area contributed by atoms with Crippen molar-refractivity contribution in [1.29, 1.82) is 0 Å². The number of carboxylic acids is 1. The standard InChI is InChI=1S/C30H35N3O6S/c1-33(9-12-38-13-10-33)11-14-39-23-7-8-24(26(15-23)37-2)25-20-40-27(32-25)19-31-29(36)30(18-28(34)35)16-21-5-3-4-6-22(21)17-30/h3-8,15,20H,9-14,16-19H2,1-2H3,(H-,31,34,35,36)/p+1. The average Bonchev–Trinajstić information content (AvgIpc) is 3.56. The van der Waals surface area contributed by atoms with E-state index in [2.05, 4.69) is 12.4 Å². The van der Waals surface area contributed by atoms with Crippen molar-refractivity contribution < 1.29 is 33.4 Å². The van der Waals surface area contributed by atoms with Gasteiger partial charge in [-0.05, 0) is 36.1 Å². The lowest BCUT2D eigenvalue weighted by Gasteiger charge is -2.37. The van der Waals surface area contributed by atoms with E-state index < -0.39 is 11.4 Å². The molecule has 1 aromatic heterocycles. The highest BCUT2D eigenvalue weighted by Crippen LogP contribution is 2.40. The minimum Gasteiger partial charge on any atom is -0.496 e. The van der Waals surface area contributed by atoms with Crippen molar-refractivity contribution in [3.63, 3.8) is 0 Å². The van der Waals surface area contributed by atoms with E-state index in [1.807, 2.05) is 47.8 Å². The minimum absolute atomic E-state index is 0.213. The number of thiazole rings is 1. The summed E-state index contributed by atoms with van der Waals surface area (Å²) in [4.78, 5) is 29.7. The maximum absolute atomic E-state index is 13.3. The van der Waals surface area contributed by atoms with Gasteiger partial charge in [0.05, 0.1) is 51.4 Å². The molecule has 212 valence electrons. The van der Waals surface area contributed by atoms with Crippen molar-refractivity contribution in [1.82, 2.24) is 10.3 Å². The van der Waals surface area contributed by atoms with Gasteiger partial charge in [-0.1, -0.05) is 24.3 Å². The molecule has 1 aliphatic heterocycles. The number of carbonyl (C=O) groups excluding carboxylic acids is 1. The van der Waals surface area contributed by atoms with Gasteiger partial charge in [-0.2, -0.15) is 0 Å². The lowest BCUT2D eigenvalue weighted by molar-refractivity contribution is -0.916. The number of nitrogens with zero attached hydrogens (tertiary/aromatic N) is 2. The second-order valence-electron chi connectivity index (χ2n) is 10.9. The summed E-state index contributed by atoms with van der Waals surface area (Å²) in [5.74, 6) is 0.171. The Morgan fingerprint density at radius 1 is 1.15 bits per heavy atom. The quantitative estimate of drug-likeness (QED) is 0.342. The summed E-state index contributed by atoms with van der Waals surface area (Å²) in [7, 11) is 3.86. The van der Waals surface area contributed by atoms with Gasteiger partial charge in [-0.15, -0.1) is 11.3 Å². The second kappa shape index (κ2) is 12.0. The average molecular weight is 567 g/mol. The fourth-order valence-corrected chi connectivity index (χ4v) is 6.31. The first-order valence-corrected chi connectivity index (χ1v) is 14.4. The highest BCUT2D eigenvalue weighted by molar-refractivity contribution is 7.09. The Bertz CT molecular complexity index is 1340. The van der Waals surface area contributed by atoms with Crippen LogP contribution in [0, 0.1) is 5.41 Å². The number of carbonyl (C=O) groups is 2. The van der Waals surface area contributed by atoms with Gasteiger partial charge in [-0.25, -0.2) is 4.98 Å². The predicted octanol–water partition coefficient (Wildman–Crippen LogP) is 3.55. The number of methoxy groups -OCH3 is 1. The summed E-state index contributed by atoms with van der Waals surface area (Å²) in [6.07, 6.45) is 0.625. The molecule has 10 heteroatoms. The first kappa shape index (κ1) is 28.1. The van der Waals surface area contributed by atoms with Crippen LogP contribution in [0.15, 0.2) is 47.8 Å². The van der Waals surface area contributed by atoms with Crippen molar-refractivity contribution in [3.05, 3.63) is 64.0 Å². The molecule has 2 heterocycles. The SMILES string of the molecule is COc1cc(OCC[N+]2(C)CCOCC2)ccc1-c1csc(CNC(=O)C2(CC(=O)O)Cc3ccccc3C2)n1. The molecule has 0 unspecified atom stereocenters. The lowest BCUT2D eigenvalue weighted by atomic mass is 9.80. The largest absolute Gasteiger partial charge is 0.496 e. The molecule has 0 radical (unpaired) electrons. The van der Waals surface area contributed by atoms with Crippen LogP contribution in [0.25, 0.3) is 11.3 Å². The third-order valence-corrected chi connectivity index (χ3v) is 8.85. The molecule has 40 heavy (non-hydrogen) atoms. The van der Waals surface area contributed by atoms with Gasteiger partial charge in [0.2, 0.25) is 5.91 Å². The Labute approximate surface area is 238 Å². The van der Waals surface area contributed by atoms with E-state index in [-0.39, 0.29) is 18.9 Å². The number of aromatic nitrogens is 1. The number of fused-ring (bicyclic) bond motifs is 1. The molecule has 0 spiro atoms. The van der Waals surface area contributed by atoms with Crippen LogP contribution < -0.4 is 14.8 Å². The van der Waals surface area contributed by atoms with Crippen LogP contribution in [0.5, 0.6) is 11.5 Å². The summed E-state index contributed by atoms with van der Waals surface area (Å²) >= 11 is 1.44. The zero-order chi connectivity index (χ0) is 28.2. The number of rotatable bonds is 11. The van der Waals surface area contributed by atoms with Crippen molar-refractivity contribution in [2.45, 2.75) is 25.8 Å². The smallest absolute Gasteiger partial charge is 0.304 e. The number of morpholine rings is 1. The monoisotopic (exact) mass is 566 g/mol. The molecule has 0 atom stereocenters. The van der Waals surface area contributed by atoms with E-state index in [4.69, 9.17) is 19.2 Å². The minimum atomic E-state index is -0.990. The van der Waals surface area contributed by atoms with Gasteiger partial charge in [0.1, 0.15) is 42.7 Å². The van der Waals surface area contributed by atoms with Gasteiger partial charge in [-0.3, -0.25) is 9.59 Å². The number of ether oxygens (including phenoxy) is 3. The maximum Gasteiger partial charge on any atom is 0.304 e. The molecular weight excluding hydrogens is 530 g/mol. The van der Waals surface area contributed by atoms with E-state index in [0.29, 0.717) is 25.2 Å². The highest BCUT2D eigenvalue weighted by Gasteiger charge is 2.45. The molecule has 1 saturated heterocycles. The fraction of sp³-hybridized carbons (Fsp3) is 0.433. The number of amides is 1. The highest BCUT2D eigenvalue weighted by atomic mass is 32.1. The number of quaternary nitrogens is 1. The summed E-state index contributed by atoms with van der Waals surface area (Å²) < 4.78 is 18.1. The molecule has 9 nitrogen and oxygen atoms in total. The van der Waals surface area contributed by atoms with Crippen LogP contribution in [0.1, 0.15) is 22.6 Å². The number of carboxylic acid groups (broad SMARTS) is 1. The molecule has 1 amide bonds. The predicted molar refractivity (Wildman–Crippen MR) is 152 cm³/mol. The molecule has 1 aliphatic carbocycles. The summed E-state index contributed by atoms with van der Waals surface area (Å²) in [6, 6.07) is 13.5. The van der Waals surface area contributed by atoms with E-state index in [1.165, 1.54) is 11.3 Å². The molecule has 2 aliphatic rings. The second-order valence-corrected chi connectivity index (χ2v) is 11.8. The fourth-order valence-electron chi connectivity index (χ4n) is 5.57. The van der Waals surface area contributed by atoms with E-state index in [9.17, 15) is 14.7 Å². The number of aliphatic carboxylic acids is 1. The van der Waals surface area contributed by atoms with Crippen molar-refractivity contribution in [2.24, 2.45) is 5.41 Å². The number of nitrogens with one attached hydrogen (secondary N) is 1. The molecule has 1 fully saturated rings. The van der Waals surface area contributed by atoms with Gasteiger partial charge in [0.25, 0.3) is 0 Å². The summed E-state index contributed by atoms with van der Waals surface area (Å²) in [5.41, 5.74) is 2.66. The Hall–Kier alpha value is -3.47. The zero-order valence-electron chi connectivity index (χ0n) is 23.0. The number of hydrogen-bond acceptors (Lipinski definition) is 7. The van der Waals surface area contributed by atoms with Crippen LogP contribution in [-0.4, -0.2) is 80.1 Å². The van der Waals surface area contributed by atoms with E-state index in [0.717, 1.165) is 70.5 Å². The molecule has 5 rings (SSSR count). The van der Waals surface area contributed by atoms with E-state index in [1.54, 1.807) is 7.11 Å². The molecule has 0 saturated carbocycles. The van der Waals surface area contributed by atoms with Gasteiger partial charge in [0.15, 0.2) is 0 Å². The van der Waals surface area contributed by atoms with Crippen LogP contribution in [-0.2, 0) is 33.7 Å². The van der Waals surface area contributed by atoms with Gasteiger partial charge < -0.3 is 29.1 Å². The normalized spacial score (nSPS) is 17.1. The van der Waals surface area contributed by atoms with E-state index >= 15 is 0 Å². The van der Waals surface area contributed by atoms with Crippen molar-refractivity contribution in [3.8, 4) is 22.8 Å². The lowest BCUT2D eigenvalue weighted by Crippen LogP contribution is -2.53.